The first kappa shape index (κ1) is 37.3. The lowest BCUT2D eigenvalue weighted by Gasteiger charge is -2.38. The summed E-state index contributed by atoms with van der Waals surface area (Å²) in [5, 5.41) is 6.36. The van der Waals surface area contributed by atoms with Gasteiger partial charge in [0, 0.05) is 67.8 Å². The molecule has 0 bridgehead atoms. The lowest BCUT2D eigenvalue weighted by atomic mass is 9.90. The van der Waals surface area contributed by atoms with Gasteiger partial charge in [0.15, 0.2) is 0 Å². The number of thiophene rings is 1. The Hall–Kier alpha value is -5.05. The number of carbonyl (C=O) groups excluding carboxylic acids is 2. The molecular formula is C40H41F3N6O4S. The second kappa shape index (κ2) is 14.6. The molecule has 5 heterocycles. The Balaban J connectivity index is 1.47. The molecule has 2 amide bonds. The van der Waals surface area contributed by atoms with Crippen molar-refractivity contribution in [3.05, 3.63) is 88.7 Å². The SMILES string of the molecule is C=CC(=O)N1[C@H](C)Cn2nc(-c3nc(-c4ccc5c(c4)CN(C)[C@H](C(=O)N(C)C)C5)c4scc(F)c4c3-c3c(F)cc(F)cc3OCCOC)cc2[C@@H]1C. The number of amides is 2. The maximum Gasteiger partial charge on any atom is 0.246 e. The van der Waals surface area contributed by atoms with Gasteiger partial charge in [-0.3, -0.25) is 19.2 Å². The van der Waals surface area contributed by atoms with Gasteiger partial charge in [-0.05, 0) is 56.7 Å². The number of rotatable bonds is 9. The van der Waals surface area contributed by atoms with Gasteiger partial charge in [0.2, 0.25) is 11.8 Å². The molecule has 5 aromatic rings. The van der Waals surface area contributed by atoms with E-state index in [9.17, 15) is 14.0 Å². The summed E-state index contributed by atoms with van der Waals surface area (Å²) in [4.78, 5) is 36.3. The molecule has 2 aliphatic rings. The number of nitrogens with zero attached hydrogens (tertiary/aromatic N) is 6. The number of halogens is 3. The molecule has 0 saturated carbocycles. The minimum Gasteiger partial charge on any atom is -0.490 e. The number of carbonyl (C=O) groups is 2. The summed E-state index contributed by atoms with van der Waals surface area (Å²) in [5.74, 6) is -2.78. The van der Waals surface area contributed by atoms with Crippen LogP contribution in [0.15, 0.2) is 54.4 Å². The Morgan fingerprint density at radius 1 is 1.04 bits per heavy atom. The van der Waals surface area contributed by atoms with Crippen molar-refractivity contribution in [3.63, 3.8) is 0 Å². The molecule has 0 unspecified atom stereocenters. The summed E-state index contributed by atoms with van der Waals surface area (Å²) >= 11 is 1.13. The number of likely N-dealkylation sites (N-methyl/N-ethyl adjacent to an activating group) is 2. The van der Waals surface area contributed by atoms with Crippen molar-refractivity contribution in [2.45, 2.75) is 51.5 Å². The summed E-state index contributed by atoms with van der Waals surface area (Å²) in [5.41, 5.74) is 4.26. The van der Waals surface area contributed by atoms with E-state index in [0.29, 0.717) is 46.9 Å². The molecule has 3 atom stereocenters. The van der Waals surface area contributed by atoms with Crippen LogP contribution in [0.25, 0.3) is 43.9 Å². The lowest BCUT2D eigenvalue weighted by molar-refractivity contribution is -0.134. The zero-order valence-corrected chi connectivity index (χ0v) is 31.8. The zero-order chi connectivity index (χ0) is 38.6. The first-order valence-corrected chi connectivity index (χ1v) is 18.5. The number of ether oxygens (including phenoxy) is 2. The second-order valence-electron chi connectivity index (χ2n) is 14.0. The molecule has 2 aliphatic heterocycles. The van der Waals surface area contributed by atoms with E-state index in [4.69, 9.17) is 19.6 Å². The van der Waals surface area contributed by atoms with Crippen molar-refractivity contribution in [1.29, 1.82) is 0 Å². The van der Waals surface area contributed by atoms with Crippen molar-refractivity contribution in [2.24, 2.45) is 0 Å². The van der Waals surface area contributed by atoms with Crippen molar-refractivity contribution < 1.29 is 32.2 Å². The molecule has 0 spiro atoms. The monoisotopic (exact) mass is 758 g/mol. The highest BCUT2D eigenvalue weighted by Gasteiger charge is 2.36. The van der Waals surface area contributed by atoms with Gasteiger partial charge in [-0.2, -0.15) is 5.10 Å². The van der Waals surface area contributed by atoms with Crippen LogP contribution in [0.3, 0.4) is 0 Å². The Kier molecular flexibility index (Phi) is 10.1. The maximum atomic E-state index is 16.4. The number of hydrogen-bond donors (Lipinski definition) is 0. The Morgan fingerprint density at radius 3 is 2.54 bits per heavy atom. The van der Waals surface area contributed by atoms with Crippen LogP contribution in [0.5, 0.6) is 5.75 Å². The van der Waals surface area contributed by atoms with Gasteiger partial charge in [0.05, 0.1) is 46.9 Å². The molecule has 0 saturated heterocycles. The molecule has 0 radical (unpaired) electrons. The van der Waals surface area contributed by atoms with Gasteiger partial charge in [0.25, 0.3) is 0 Å². The van der Waals surface area contributed by atoms with Crippen molar-refractivity contribution in [3.8, 4) is 39.5 Å². The van der Waals surface area contributed by atoms with E-state index < -0.39 is 23.5 Å². The van der Waals surface area contributed by atoms with Crippen LogP contribution in [0.2, 0.25) is 0 Å². The minimum atomic E-state index is -0.961. The third kappa shape index (κ3) is 6.45. The van der Waals surface area contributed by atoms with Gasteiger partial charge in [-0.15, -0.1) is 11.3 Å². The lowest BCUT2D eigenvalue weighted by Crippen LogP contribution is -2.48. The quantitative estimate of drug-likeness (QED) is 0.120. The van der Waals surface area contributed by atoms with E-state index in [-0.39, 0.29) is 65.1 Å². The van der Waals surface area contributed by atoms with Gasteiger partial charge >= 0.3 is 0 Å². The number of benzene rings is 2. The topological polar surface area (TPSA) is 93.0 Å². The average Bonchev–Trinajstić information content (AvgIpc) is 3.74. The van der Waals surface area contributed by atoms with E-state index in [1.807, 2.05) is 44.0 Å². The molecule has 7 rings (SSSR count). The summed E-state index contributed by atoms with van der Waals surface area (Å²) in [6.45, 7) is 8.47. The summed E-state index contributed by atoms with van der Waals surface area (Å²) in [7, 11) is 6.88. The van der Waals surface area contributed by atoms with Crippen molar-refractivity contribution in [1.82, 2.24) is 29.5 Å². The van der Waals surface area contributed by atoms with Crippen LogP contribution in [0.1, 0.15) is 36.7 Å². The molecule has 0 N–H and O–H groups in total. The van der Waals surface area contributed by atoms with E-state index >= 15 is 8.78 Å². The molecule has 54 heavy (non-hydrogen) atoms. The molecule has 0 fully saturated rings. The van der Waals surface area contributed by atoms with Gasteiger partial charge in [-0.1, -0.05) is 18.7 Å². The van der Waals surface area contributed by atoms with Crippen LogP contribution in [-0.4, -0.2) is 94.8 Å². The Bertz CT molecular complexity index is 2300. The molecule has 10 nitrogen and oxygen atoms in total. The fourth-order valence-electron chi connectivity index (χ4n) is 7.69. The zero-order valence-electron chi connectivity index (χ0n) is 31.0. The fraction of sp³-hybridized carbons (Fsp3) is 0.350. The Morgan fingerprint density at radius 2 is 1.81 bits per heavy atom. The van der Waals surface area contributed by atoms with Gasteiger partial charge < -0.3 is 19.3 Å². The van der Waals surface area contributed by atoms with Crippen LogP contribution in [-0.2, 0) is 33.8 Å². The smallest absolute Gasteiger partial charge is 0.246 e. The highest BCUT2D eigenvalue weighted by Crippen LogP contribution is 2.48. The molecule has 2 aromatic carbocycles. The first-order valence-electron chi connectivity index (χ1n) is 17.6. The summed E-state index contributed by atoms with van der Waals surface area (Å²) in [6, 6.07) is 8.54. The van der Waals surface area contributed by atoms with E-state index in [2.05, 4.69) is 6.58 Å². The molecular weight excluding hydrogens is 718 g/mol. The van der Waals surface area contributed by atoms with Crippen LogP contribution >= 0.6 is 11.3 Å². The van der Waals surface area contributed by atoms with E-state index in [1.54, 1.807) is 34.6 Å². The fourth-order valence-corrected chi connectivity index (χ4v) is 8.62. The standard InChI is InChI=1S/C40H41F3N6O4S/c1-8-33(50)49-21(2)18-48-30(22(49)3)17-29(45-48)38-36(34-27(42)15-26(41)16-32(34)53-12-11-52-7)35-28(43)20-54-39(35)37(44-38)24-10-9-23-14-31(40(51)46(4)5)47(6)19-25(23)13-24/h8-10,13,15-17,20-22,31H,1,11-12,14,18-19H2,2-7H3/t21-,22+,31+/m1/s1. The number of aromatic nitrogens is 3. The van der Waals surface area contributed by atoms with Crippen LogP contribution in [0.4, 0.5) is 13.2 Å². The predicted molar refractivity (Wildman–Crippen MR) is 202 cm³/mol. The average molecular weight is 759 g/mol. The third-order valence-corrected chi connectivity index (χ3v) is 11.3. The molecule has 3 aromatic heterocycles. The summed E-state index contributed by atoms with van der Waals surface area (Å²) < 4.78 is 60.7. The predicted octanol–water partition coefficient (Wildman–Crippen LogP) is 6.86. The van der Waals surface area contributed by atoms with Crippen LogP contribution in [0, 0.1) is 17.5 Å². The highest BCUT2D eigenvalue weighted by molar-refractivity contribution is 7.17. The highest BCUT2D eigenvalue weighted by atomic mass is 32.1. The Labute approximate surface area is 315 Å². The first-order chi connectivity index (χ1) is 25.8. The normalized spacial score (nSPS) is 18.4. The van der Waals surface area contributed by atoms with E-state index in [1.165, 1.54) is 18.6 Å². The van der Waals surface area contributed by atoms with Gasteiger partial charge in [0.1, 0.15) is 41.2 Å². The number of pyridine rings is 1. The van der Waals surface area contributed by atoms with Gasteiger partial charge in [-0.25, -0.2) is 18.2 Å². The summed E-state index contributed by atoms with van der Waals surface area (Å²) in [6.07, 6.45) is 1.81. The van der Waals surface area contributed by atoms with Crippen molar-refractivity contribution in [2.75, 3.05) is 41.5 Å². The van der Waals surface area contributed by atoms with E-state index in [0.717, 1.165) is 34.6 Å². The number of methoxy groups -OCH3 is 1. The largest absolute Gasteiger partial charge is 0.490 e. The molecule has 0 aliphatic carbocycles. The molecule has 14 heteroatoms. The van der Waals surface area contributed by atoms with Crippen molar-refractivity contribution >= 4 is 33.2 Å². The third-order valence-electron chi connectivity index (χ3n) is 10.3. The maximum absolute atomic E-state index is 16.4. The molecule has 282 valence electrons. The number of fused-ring (bicyclic) bond motifs is 3. The number of hydrogen-bond acceptors (Lipinski definition) is 8. The minimum absolute atomic E-state index is 0.0194. The van der Waals surface area contributed by atoms with Crippen LogP contribution < -0.4 is 4.74 Å². The second-order valence-corrected chi connectivity index (χ2v) is 14.9.